The molecular formula is C11H20N2O3S2. The summed E-state index contributed by atoms with van der Waals surface area (Å²) in [4.78, 5) is 13.8. The lowest BCUT2D eigenvalue weighted by atomic mass is 10.1. The lowest BCUT2D eigenvalue weighted by molar-refractivity contribution is -0.132. The van der Waals surface area contributed by atoms with Gasteiger partial charge in [0.2, 0.25) is 5.91 Å². The molecule has 2 saturated heterocycles. The van der Waals surface area contributed by atoms with Crippen molar-refractivity contribution in [1.29, 1.82) is 0 Å². The Morgan fingerprint density at radius 1 is 1.50 bits per heavy atom. The highest BCUT2D eigenvalue weighted by Gasteiger charge is 2.34. The van der Waals surface area contributed by atoms with Gasteiger partial charge in [0.25, 0.3) is 0 Å². The highest BCUT2D eigenvalue weighted by molar-refractivity contribution is 8.00. The molecule has 18 heavy (non-hydrogen) atoms. The first-order chi connectivity index (χ1) is 8.48. The van der Waals surface area contributed by atoms with E-state index in [0.29, 0.717) is 18.7 Å². The van der Waals surface area contributed by atoms with Gasteiger partial charge in [-0.2, -0.15) is 11.8 Å². The molecule has 5 nitrogen and oxygen atoms in total. The van der Waals surface area contributed by atoms with E-state index in [9.17, 15) is 13.2 Å². The summed E-state index contributed by atoms with van der Waals surface area (Å²) in [6, 6.07) is 0.229. The molecule has 2 atom stereocenters. The van der Waals surface area contributed by atoms with Crippen molar-refractivity contribution in [3.63, 3.8) is 0 Å². The van der Waals surface area contributed by atoms with Crippen molar-refractivity contribution in [3.8, 4) is 0 Å². The standard InChI is InChI=1S/C11H20N2O3S2/c1-18(15,16)11-8-17-6-5-13(11)10(14)7-9-3-2-4-12-9/h9,11-12H,2-8H2,1H3. The van der Waals surface area contributed by atoms with Crippen molar-refractivity contribution in [3.05, 3.63) is 0 Å². The Kier molecular flexibility index (Phi) is 4.55. The van der Waals surface area contributed by atoms with E-state index in [1.54, 1.807) is 16.7 Å². The van der Waals surface area contributed by atoms with Gasteiger partial charge >= 0.3 is 0 Å². The predicted molar refractivity (Wildman–Crippen MR) is 73.3 cm³/mol. The quantitative estimate of drug-likeness (QED) is 0.798. The van der Waals surface area contributed by atoms with Gasteiger partial charge in [-0.25, -0.2) is 8.42 Å². The van der Waals surface area contributed by atoms with E-state index in [2.05, 4.69) is 5.32 Å². The van der Waals surface area contributed by atoms with Crippen molar-refractivity contribution in [1.82, 2.24) is 10.2 Å². The fourth-order valence-corrected chi connectivity index (χ4v) is 5.32. The number of nitrogens with one attached hydrogen (secondary N) is 1. The first-order valence-corrected chi connectivity index (χ1v) is 9.39. The molecular weight excluding hydrogens is 272 g/mol. The zero-order valence-electron chi connectivity index (χ0n) is 10.6. The van der Waals surface area contributed by atoms with Crippen LogP contribution in [-0.2, 0) is 14.6 Å². The molecule has 0 aromatic heterocycles. The summed E-state index contributed by atoms with van der Waals surface area (Å²) in [5.74, 6) is 1.31. The average Bonchev–Trinajstić information content (AvgIpc) is 2.80. The SMILES string of the molecule is CS(=O)(=O)C1CSCCN1C(=O)CC1CCCN1. The number of carbonyl (C=O) groups excluding carboxylic acids is 1. The second kappa shape index (κ2) is 5.79. The van der Waals surface area contributed by atoms with E-state index < -0.39 is 15.2 Å². The van der Waals surface area contributed by atoms with E-state index >= 15 is 0 Å². The van der Waals surface area contributed by atoms with Gasteiger partial charge in [0.05, 0.1) is 0 Å². The number of rotatable bonds is 3. The second-order valence-electron chi connectivity index (χ2n) is 4.94. The summed E-state index contributed by atoms with van der Waals surface area (Å²) in [6.45, 7) is 1.51. The Balaban J connectivity index is 2.01. The molecule has 104 valence electrons. The molecule has 1 N–H and O–H groups in total. The van der Waals surface area contributed by atoms with Crippen LogP contribution in [0.5, 0.6) is 0 Å². The molecule has 0 saturated carbocycles. The predicted octanol–water partition coefficient (Wildman–Crippen LogP) is 0.0746. The zero-order chi connectivity index (χ0) is 13.2. The molecule has 2 fully saturated rings. The minimum absolute atomic E-state index is 0.0230. The van der Waals surface area contributed by atoms with Crippen molar-refractivity contribution < 1.29 is 13.2 Å². The Morgan fingerprint density at radius 3 is 2.89 bits per heavy atom. The maximum atomic E-state index is 12.2. The van der Waals surface area contributed by atoms with Gasteiger partial charge in [-0.15, -0.1) is 0 Å². The van der Waals surface area contributed by atoms with Gasteiger partial charge in [0, 0.05) is 36.8 Å². The molecule has 2 heterocycles. The summed E-state index contributed by atoms with van der Waals surface area (Å²) in [5, 5.41) is 2.64. The lowest BCUT2D eigenvalue weighted by Gasteiger charge is -2.34. The minimum atomic E-state index is -3.19. The Hall–Kier alpha value is -0.270. The van der Waals surface area contributed by atoms with Crippen molar-refractivity contribution in [2.24, 2.45) is 0 Å². The molecule has 0 aliphatic carbocycles. The highest BCUT2D eigenvalue weighted by Crippen LogP contribution is 2.22. The Morgan fingerprint density at radius 2 is 2.28 bits per heavy atom. The maximum Gasteiger partial charge on any atom is 0.225 e. The van der Waals surface area contributed by atoms with E-state index in [0.717, 1.165) is 25.1 Å². The van der Waals surface area contributed by atoms with Gasteiger partial charge in [-0.3, -0.25) is 4.79 Å². The van der Waals surface area contributed by atoms with Crippen molar-refractivity contribution >= 4 is 27.5 Å². The number of amides is 1. The van der Waals surface area contributed by atoms with E-state index in [1.807, 2.05) is 0 Å². The second-order valence-corrected chi connectivity index (χ2v) is 8.30. The molecule has 2 aliphatic heterocycles. The van der Waals surface area contributed by atoms with E-state index in [4.69, 9.17) is 0 Å². The molecule has 7 heteroatoms. The largest absolute Gasteiger partial charge is 0.324 e. The summed E-state index contributed by atoms with van der Waals surface area (Å²) >= 11 is 1.61. The van der Waals surface area contributed by atoms with Crippen LogP contribution in [0.25, 0.3) is 0 Å². The van der Waals surface area contributed by atoms with Crippen LogP contribution in [0.2, 0.25) is 0 Å². The summed E-state index contributed by atoms with van der Waals surface area (Å²) in [5.41, 5.74) is 0. The van der Waals surface area contributed by atoms with Gasteiger partial charge in [-0.05, 0) is 19.4 Å². The molecule has 0 radical (unpaired) electrons. The van der Waals surface area contributed by atoms with Gasteiger partial charge < -0.3 is 10.2 Å². The summed E-state index contributed by atoms with van der Waals surface area (Å²) in [7, 11) is -3.19. The highest BCUT2D eigenvalue weighted by atomic mass is 32.2. The number of hydrogen-bond acceptors (Lipinski definition) is 5. The molecule has 0 aromatic carbocycles. The maximum absolute atomic E-state index is 12.2. The molecule has 2 rings (SSSR count). The monoisotopic (exact) mass is 292 g/mol. The molecule has 2 aliphatic rings. The third-order valence-corrected chi connectivity index (χ3v) is 6.13. The zero-order valence-corrected chi connectivity index (χ0v) is 12.2. The number of sulfone groups is 1. The normalized spacial score (nSPS) is 29.5. The smallest absolute Gasteiger partial charge is 0.225 e. The van der Waals surface area contributed by atoms with Crippen LogP contribution in [0, 0.1) is 0 Å². The lowest BCUT2D eigenvalue weighted by Crippen LogP contribution is -2.50. The molecule has 0 bridgehead atoms. The third-order valence-electron chi connectivity index (χ3n) is 3.48. The summed E-state index contributed by atoms with van der Waals surface area (Å²) < 4.78 is 23.4. The molecule has 0 spiro atoms. The van der Waals surface area contributed by atoms with Crippen LogP contribution < -0.4 is 5.32 Å². The van der Waals surface area contributed by atoms with E-state index in [1.165, 1.54) is 6.26 Å². The van der Waals surface area contributed by atoms with Gasteiger partial charge in [0.1, 0.15) is 5.37 Å². The average molecular weight is 292 g/mol. The van der Waals surface area contributed by atoms with Crippen LogP contribution in [0.4, 0.5) is 0 Å². The van der Waals surface area contributed by atoms with Crippen molar-refractivity contribution in [2.75, 3.05) is 30.9 Å². The number of carbonyl (C=O) groups is 1. The first kappa shape index (κ1) is 14.1. The fraction of sp³-hybridized carbons (Fsp3) is 0.909. The van der Waals surface area contributed by atoms with Crippen LogP contribution in [0.15, 0.2) is 0 Å². The third kappa shape index (κ3) is 3.39. The summed E-state index contributed by atoms with van der Waals surface area (Å²) in [6.07, 6.45) is 3.76. The fourth-order valence-electron chi connectivity index (χ4n) is 2.48. The van der Waals surface area contributed by atoms with Gasteiger partial charge in [-0.1, -0.05) is 0 Å². The van der Waals surface area contributed by atoms with Gasteiger partial charge in [0.15, 0.2) is 9.84 Å². The molecule has 2 unspecified atom stereocenters. The van der Waals surface area contributed by atoms with Crippen molar-refractivity contribution in [2.45, 2.75) is 30.7 Å². The van der Waals surface area contributed by atoms with Crippen LogP contribution in [0.1, 0.15) is 19.3 Å². The number of nitrogens with zero attached hydrogens (tertiary/aromatic N) is 1. The van der Waals surface area contributed by atoms with Crippen LogP contribution >= 0.6 is 11.8 Å². The Labute approximate surface area is 113 Å². The topological polar surface area (TPSA) is 66.5 Å². The molecule has 0 aromatic rings. The van der Waals surface area contributed by atoms with E-state index in [-0.39, 0.29) is 11.9 Å². The first-order valence-electron chi connectivity index (χ1n) is 6.28. The Bertz CT molecular complexity index is 405. The van der Waals surface area contributed by atoms with Crippen LogP contribution in [-0.4, -0.2) is 61.5 Å². The number of thioether (sulfide) groups is 1. The van der Waals surface area contributed by atoms with Crippen LogP contribution in [0.3, 0.4) is 0 Å². The minimum Gasteiger partial charge on any atom is -0.324 e. The molecule has 1 amide bonds. The number of hydrogen-bond donors (Lipinski definition) is 1.